The number of fused-ring (bicyclic) bond motifs is 2. The summed E-state index contributed by atoms with van der Waals surface area (Å²) >= 11 is 0. The van der Waals surface area contributed by atoms with Gasteiger partial charge in [-0.1, -0.05) is 81.4 Å². The predicted octanol–water partition coefficient (Wildman–Crippen LogP) is 7.35. The van der Waals surface area contributed by atoms with E-state index in [0.29, 0.717) is 17.4 Å². The molecular weight excluding hydrogens is 424 g/mol. The summed E-state index contributed by atoms with van der Waals surface area (Å²) < 4.78 is 17.2. The molecule has 0 heterocycles. The van der Waals surface area contributed by atoms with Crippen LogP contribution in [0.25, 0.3) is 21.5 Å². The van der Waals surface area contributed by atoms with Crippen molar-refractivity contribution in [2.24, 2.45) is 5.92 Å². The Morgan fingerprint density at radius 1 is 0.765 bits per heavy atom. The summed E-state index contributed by atoms with van der Waals surface area (Å²) in [6.07, 6.45) is -0.453. The number of rotatable bonds is 9. The molecule has 4 rings (SSSR count). The van der Waals surface area contributed by atoms with Crippen LogP contribution in [-0.4, -0.2) is 25.5 Å². The molecule has 0 saturated carbocycles. The van der Waals surface area contributed by atoms with Crippen molar-refractivity contribution in [2.75, 3.05) is 13.2 Å². The van der Waals surface area contributed by atoms with Crippen LogP contribution in [0, 0.1) is 5.92 Å². The number of esters is 1. The van der Waals surface area contributed by atoms with Crippen LogP contribution in [-0.2, 0) is 9.47 Å². The number of hydrogen-bond acceptors (Lipinski definition) is 4. The number of carbonyl (C=O) groups excluding carboxylic acids is 1. The van der Waals surface area contributed by atoms with Crippen molar-refractivity contribution >= 4 is 27.5 Å². The van der Waals surface area contributed by atoms with Gasteiger partial charge in [0, 0.05) is 0 Å². The summed E-state index contributed by atoms with van der Waals surface area (Å²) in [4.78, 5) is 13.0. The zero-order valence-electron chi connectivity index (χ0n) is 20.3. The average molecular weight is 457 g/mol. The van der Waals surface area contributed by atoms with Crippen molar-refractivity contribution in [3.8, 4) is 5.75 Å². The van der Waals surface area contributed by atoms with Crippen molar-refractivity contribution in [3.05, 3.63) is 90.0 Å². The quantitative estimate of drug-likeness (QED) is 0.114. The van der Waals surface area contributed by atoms with Gasteiger partial charge in [-0.15, -0.1) is 0 Å². The Morgan fingerprint density at radius 3 is 1.94 bits per heavy atom. The van der Waals surface area contributed by atoms with E-state index >= 15 is 0 Å². The molecule has 2 unspecified atom stereocenters. The number of benzene rings is 4. The monoisotopic (exact) mass is 456 g/mol. The highest BCUT2D eigenvalue weighted by Crippen LogP contribution is 2.29. The van der Waals surface area contributed by atoms with Gasteiger partial charge in [0.1, 0.15) is 12.4 Å². The lowest BCUT2D eigenvalue weighted by Crippen LogP contribution is -2.20. The Bertz CT molecular complexity index is 1210. The molecule has 0 fully saturated rings. The third-order valence-electron chi connectivity index (χ3n) is 6.35. The van der Waals surface area contributed by atoms with E-state index in [1.165, 1.54) is 5.56 Å². The second-order valence-corrected chi connectivity index (χ2v) is 8.99. The lowest BCUT2D eigenvalue weighted by Gasteiger charge is -2.18. The first-order chi connectivity index (χ1) is 16.4. The van der Waals surface area contributed by atoms with Crippen LogP contribution in [0.5, 0.6) is 5.75 Å². The van der Waals surface area contributed by atoms with Crippen molar-refractivity contribution in [3.63, 3.8) is 0 Å². The highest BCUT2D eigenvalue weighted by Gasteiger charge is 2.16. The minimum absolute atomic E-state index is 0.148. The first-order valence-corrected chi connectivity index (χ1v) is 11.9. The van der Waals surface area contributed by atoms with Crippen molar-refractivity contribution < 1.29 is 19.0 Å². The van der Waals surface area contributed by atoms with E-state index in [9.17, 15) is 4.79 Å². The molecule has 0 N–H and O–H groups in total. The van der Waals surface area contributed by atoms with Gasteiger partial charge in [-0.25, -0.2) is 4.79 Å². The smallest absolute Gasteiger partial charge is 0.339 e. The minimum Gasteiger partial charge on any atom is -0.465 e. The molecule has 4 heteroatoms. The molecule has 4 aromatic rings. The zero-order chi connectivity index (χ0) is 24.1. The summed E-state index contributed by atoms with van der Waals surface area (Å²) in [5.41, 5.74) is 1.89. The van der Waals surface area contributed by atoms with E-state index in [4.69, 9.17) is 14.2 Å². The molecule has 0 aliphatic heterocycles. The molecule has 0 aliphatic carbocycles. The number of carbonyl (C=O) groups is 1. The van der Waals surface area contributed by atoms with E-state index in [0.717, 1.165) is 27.3 Å². The summed E-state index contributed by atoms with van der Waals surface area (Å²) in [5.74, 6) is 1.49. The maximum atomic E-state index is 13.0. The molecule has 4 aromatic carbocycles. The van der Waals surface area contributed by atoms with E-state index in [-0.39, 0.29) is 19.2 Å². The zero-order valence-corrected chi connectivity index (χ0v) is 20.3. The Hall–Kier alpha value is -3.37. The third-order valence-corrected chi connectivity index (χ3v) is 6.35. The molecular formula is C30H32O4. The highest BCUT2D eigenvalue weighted by molar-refractivity contribution is 6.16. The van der Waals surface area contributed by atoms with Gasteiger partial charge in [0.15, 0.2) is 6.29 Å². The molecule has 0 saturated heterocycles. The highest BCUT2D eigenvalue weighted by atomic mass is 16.7. The Kier molecular flexibility index (Phi) is 7.49. The maximum Gasteiger partial charge on any atom is 0.339 e. The largest absolute Gasteiger partial charge is 0.465 e. The van der Waals surface area contributed by atoms with E-state index in [1.54, 1.807) is 0 Å². The standard InChI is InChI=1S/C30H32O4/c1-20(2)21(3)23-13-15-26(16-14-23)34-22(4)32-17-18-33-30(31)29-27-11-7-5-9-24(27)19-25-10-6-8-12-28(25)29/h5-16,19-22H,17-18H2,1-4H3. The van der Waals surface area contributed by atoms with Gasteiger partial charge < -0.3 is 14.2 Å². The number of ether oxygens (including phenoxy) is 3. The van der Waals surface area contributed by atoms with Gasteiger partial charge in [0.05, 0.1) is 12.2 Å². The topological polar surface area (TPSA) is 44.8 Å². The molecule has 0 aromatic heterocycles. The fraction of sp³-hybridized carbons (Fsp3) is 0.300. The minimum atomic E-state index is -0.453. The van der Waals surface area contributed by atoms with Crippen LogP contribution in [0.4, 0.5) is 0 Å². The van der Waals surface area contributed by atoms with Crippen LogP contribution in [0.2, 0.25) is 0 Å². The van der Waals surface area contributed by atoms with Gasteiger partial charge in [0.25, 0.3) is 0 Å². The summed E-state index contributed by atoms with van der Waals surface area (Å²) in [5, 5.41) is 3.80. The van der Waals surface area contributed by atoms with Gasteiger partial charge in [-0.05, 0) is 64.1 Å². The van der Waals surface area contributed by atoms with Gasteiger partial charge >= 0.3 is 5.97 Å². The summed E-state index contributed by atoms with van der Waals surface area (Å²) in [6, 6.07) is 26.0. The van der Waals surface area contributed by atoms with Crippen LogP contribution in [0.3, 0.4) is 0 Å². The van der Waals surface area contributed by atoms with Crippen LogP contribution < -0.4 is 4.74 Å². The molecule has 34 heavy (non-hydrogen) atoms. The fourth-order valence-corrected chi connectivity index (χ4v) is 4.11. The average Bonchev–Trinajstić information content (AvgIpc) is 2.85. The third kappa shape index (κ3) is 5.40. The molecule has 0 amide bonds. The first kappa shape index (κ1) is 23.8. The van der Waals surface area contributed by atoms with Crippen LogP contribution >= 0.6 is 0 Å². The first-order valence-electron chi connectivity index (χ1n) is 11.9. The van der Waals surface area contributed by atoms with Crippen molar-refractivity contribution in [1.29, 1.82) is 0 Å². The van der Waals surface area contributed by atoms with Crippen LogP contribution in [0.15, 0.2) is 78.9 Å². The van der Waals surface area contributed by atoms with Gasteiger partial charge in [-0.3, -0.25) is 0 Å². The second kappa shape index (κ2) is 10.7. The fourth-order valence-electron chi connectivity index (χ4n) is 4.11. The molecule has 0 bridgehead atoms. The Balaban J connectivity index is 1.33. The van der Waals surface area contributed by atoms with Crippen molar-refractivity contribution in [1.82, 2.24) is 0 Å². The van der Waals surface area contributed by atoms with Gasteiger partial charge in [-0.2, -0.15) is 0 Å². The summed E-state index contributed by atoms with van der Waals surface area (Å²) in [6.45, 7) is 8.91. The molecule has 176 valence electrons. The van der Waals surface area contributed by atoms with E-state index < -0.39 is 6.29 Å². The van der Waals surface area contributed by atoms with E-state index in [2.05, 4.69) is 39.0 Å². The Morgan fingerprint density at radius 2 is 1.35 bits per heavy atom. The molecule has 4 nitrogen and oxygen atoms in total. The molecule has 0 spiro atoms. The summed E-state index contributed by atoms with van der Waals surface area (Å²) in [7, 11) is 0. The molecule has 0 radical (unpaired) electrons. The lowest BCUT2D eigenvalue weighted by atomic mass is 9.90. The van der Waals surface area contributed by atoms with Gasteiger partial charge in [0.2, 0.25) is 0 Å². The molecule has 0 aliphatic rings. The molecule has 2 atom stereocenters. The van der Waals surface area contributed by atoms with E-state index in [1.807, 2.05) is 67.6 Å². The second-order valence-electron chi connectivity index (χ2n) is 8.99. The lowest BCUT2D eigenvalue weighted by molar-refractivity contribution is -0.0783. The predicted molar refractivity (Wildman–Crippen MR) is 137 cm³/mol. The Labute approximate surface area is 201 Å². The normalized spacial score (nSPS) is 13.2. The van der Waals surface area contributed by atoms with Crippen molar-refractivity contribution in [2.45, 2.75) is 39.9 Å². The number of hydrogen-bond donors (Lipinski definition) is 0. The van der Waals surface area contributed by atoms with Crippen LogP contribution in [0.1, 0.15) is 49.5 Å². The SMILES string of the molecule is CC(OCCOC(=O)c1c2ccccc2cc2ccccc12)Oc1ccc(C(C)C(C)C)cc1. The maximum absolute atomic E-state index is 13.0.